The predicted octanol–water partition coefficient (Wildman–Crippen LogP) is 4.03. The Morgan fingerprint density at radius 2 is 1.71 bits per heavy atom. The van der Waals surface area contributed by atoms with E-state index >= 15 is 0 Å². The SMILES string of the molecule is CCCCCCCC[C@@H](NC(=O)CCc1ccccc1)C(=O)OC. The van der Waals surface area contributed by atoms with Crippen molar-refractivity contribution in [2.75, 3.05) is 7.11 Å². The number of carbonyl (C=O) groups is 2. The molecular weight excluding hydrogens is 302 g/mol. The van der Waals surface area contributed by atoms with Gasteiger partial charge in [0.15, 0.2) is 0 Å². The van der Waals surface area contributed by atoms with Gasteiger partial charge in [0.1, 0.15) is 6.04 Å². The molecule has 24 heavy (non-hydrogen) atoms. The highest BCUT2D eigenvalue weighted by Gasteiger charge is 2.20. The first-order chi connectivity index (χ1) is 11.7. The molecule has 1 atom stereocenters. The molecule has 1 rings (SSSR count). The number of methoxy groups -OCH3 is 1. The Hall–Kier alpha value is -1.84. The molecule has 0 radical (unpaired) electrons. The number of rotatable bonds is 12. The molecule has 0 saturated carbocycles. The van der Waals surface area contributed by atoms with Gasteiger partial charge in [-0.05, 0) is 18.4 Å². The van der Waals surface area contributed by atoms with E-state index in [1.54, 1.807) is 0 Å². The number of nitrogens with one attached hydrogen (secondary N) is 1. The number of carbonyl (C=O) groups excluding carboxylic acids is 2. The third-order valence-electron chi connectivity index (χ3n) is 4.15. The zero-order valence-corrected chi connectivity index (χ0v) is 15.1. The van der Waals surface area contributed by atoms with Crippen molar-refractivity contribution >= 4 is 11.9 Å². The molecule has 0 saturated heterocycles. The molecule has 0 aliphatic heterocycles. The third-order valence-corrected chi connectivity index (χ3v) is 4.15. The molecule has 0 bridgehead atoms. The van der Waals surface area contributed by atoms with Crippen LogP contribution >= 0.6 is 0 Å². The predicted molar refractivity (Wildman–Crippen MR) is 96.7 cm³/mol. The Labute approximate surface area is 146 Å². The molecule has 0 aliphatic carbocycles. The van der Waals surface area contributed by atoms with Crippen molar-refractivity contribution in [1.29, 1.82) is 0 Å². The smallest absolute Gasteiger partial charge is 0.328 e. The molecule has 0 aliphatic rings. The van der Waals surface area contributed by atoms with Gasteiger partial charge in [-0.3, -0.25) is 4.79 Å². The van der Waals surface area contributed by atoms with E-state index in [1.807, 2.05) is 30.3 Å². The summed E-state index contributed by atoms with van der Waals surface area (Å²) in [5.41, 5.74) is 1.12. The van der Waals surface area contributed by atoms with Crippen molar-refractivity contribution in [3.8, 4) is 0 Å². The molecule has 0 fully saturated rings. The molecule has 0 unspecified atom stereocenters. The van der Waals surface area contributed by atoms with Gasteiger partial charge in [0.05, 0.1) is 7.11 Å². The fourth-order valence-corrected chi connectivity index (χ4v) is 2.69. The number of hydrogen-bond acceptors (Lipinski definition) is 3. The van der Waals surface area contributed by atoms with E-state index < -0.39 is 6.04 Å². The summed E-state index contributed by atoms with van der Waals surface area (Å²) in [5, 5.41) is 2.83. The van der Waals surface area contributed by atoms with Crippen molar-refractivity contribution in [3.05, 3.63) is 35.9 Å². The fraction of sp³-hybridized carbons (Fsp3) is 0.600. The summed E-state index contributed by atoms with van der Waals surface area (Å²) in [6, 6.07) is 9.36. The average Bonchev–Trinajstić information content (AvgIpc) is 2.62. The van der Waals surface area contributed by atoms with Crippen molar-refractivity contribution in [2.45, 2.75) is 70.8 Å². The summed E-state index contributed by atoms with van der Waals surface area (Å²) < 4.78 is 4.82. The van der Waals surface area contributed by atoms with Gasteiger partial charge in [-0.25, -0.2) is 4.79 Å². The maximum absolute atomic E-state index is 12.1. The van der Waals surface area contributed by atoms with Gasteiger partial charge in [-0.15, -0.1) is 0 Å². The van der Waals surface area contributed by atoms with Gasteiger partial charge in [-0.1, -0.05) is 75.8 Å². The van der Waals surface area contributed by atoms with Gasteiger partial charge in [0, 0.05) is 6.42 Å². The van der Waals surface area contributed by atoms with Crippen LogP contribution in [0.15, 0.2) is 30.3 Å². The second-order valence-corrected chi connectivity index (χ2v) is 6.19. The highest BCUT2D eigenvalue weighted by Crippen LogP contribution is 2.10. The summed E-state index contributed by atoms with van der Waals surface area (Å²) >= 11 is 0. The van der Waals surface area contributed by atoms with Crippen molar-refractivity contribution in [2.24, 2.45) is 0 Å². The van der Waals surface area contributed by atoms with E-state index in [0.29, 0.717) is 19.3 Å². The molecule has 1 amide bonds. The summed E-state index contributed by atoms with van der Waals surface area (Å²) in [6.45, 7) is 2.19. The van der Waals surface area contributed by atoms with Crippen molar-refractivity contribution in [1.82, 2.24) is 5.32 Å². The van der Waals surface area contributed by atoms with E-state index in [1.165, 1.54) is 32.8 Å². The Balaban J connectivity index is 2.33. The van der Waals surface area contributed by atoms with Gasteiger partial charge in [0.2, 0.25) is 5.91 Å². The summed E-state index contributed by atoms with van der Waals surface area (Å²) in [6.07, 6.45) is 8.64. The first-order valence-electron chi connectivity index (χ1n) is 9.08. The molecule has 0 spiro atoms. The summed E-state index contributed by atoms with van der Waals surface area (Å²) in [5.74, 6) is -0.447. The number of esters is 1. The highest BCUT2D eigenvalue weighted by molar-refractivity contribution is 5.84. The lowest BCUT2D eigenvalue weighted by atomic mass is 10.0. The van der Waals surface area contributed by atoms with E-state index in [9.17, 15) is 9.59 Å². The maximum atomic E-state index is 12.1. The Morgan fingerprint density at radius 1 is 1.04 bits per heavy atom. The van der Waals surface area contributed by atoms with Gasteiger partial charge < -0.3 is 10.1 Å². The largest absolute Gasteiger partial charge is 0.467 e. The fourth-order valence-electron chi connectivity index (χ4n) is 2.69. The zero-order valence-electron chi connectivity index (χ0n) is 15.1. The number of aryl methyl sites for hydroxylation is 1. The van der Waals surface area contributed by atoms with E-state index in [2.05, 4.69) is 12.2 Å². The molecule has 4 heteroatoms. The summed E-state index contributed by atoms with van der Waals surface area (Å²) in [7, 11) is 1.37. The standard InChI is InChI=1S/C20H31NO3/c1-3-4-5-6-7-11-14-18(20(23)24-2)21-19(22)16-15-17-12-9-8-10-13-17/h8-10,12-13,18H,3-7,11,14-16H2,1-2H3,(H,21,22)/t18-/m1/s1. The molecule has 134 valence electrons. The van der Waals surface area contributed by atoms with Gasteiger partial charge in [-0.2, -0.15) is 0 Å². The Bertz CT molecular complexity index is 473. The van der Waals surface area contributed by atoms with Crippen LogP contribution in [0.1, 0.15) is 63.9 Å². The average molecular weight is 333 g/mol. The lowest BCUT2D eigenvalue weighted by molar-refractivity contribution is -0.145. The monoisotopic (exact) mass is 333 g/mol. The number of ether oxygens (including phenoxy) is 1. The van der Waals surface area contributed by atoms with Crippen molar-refractivity contribution in [3.63, 3.8) is 0 Å². The highest BCUT2D eigenvalue weighted by atomic mass is 16.5. The molecule has 1 aromatic carbocycles. The normalized spacial score (nSPS) is 11.8. The Morgan fingerprint density at radius 3 is 2.38 bits per heavy atom. The van der Waals surface area contributed by atoms with Crippen LogP contribution in [-0.2, 0) is 20.7 Å². The summed E-state index contributed by atoms with van der Waals surface area (Å²) in [4.78, 5) is 24.0. The number of amides is 1. The molecule has 4 nitrogen and oxygen atoms in total. The van der Waals surface area contributed by atoms with Crippen LogP contribution in [0.3, 0.4) is 0 Å². The van der Waals surface area contributed by atoms with Crippen LogP contribution in [0.25, 0.3) is 0 Å². The molecule has 0 aromatic heterocycles. The van der Waals surface area contributed by atoms with Crippen LogP contribution < -0.4 is 5.32 Å². The molecule has 0 heterocycles. The quantitative estimate of drug-likeness (QED) is 0.464. The first kappa shape index (κ1) is 20.2. The molecular formula is C20H31NO3. The van der Waals surface area contributed by atoms with E-state index in [4.69, 9.17) is 4.74 Å². The third kappa shape index (κ3) is 8.70. The number of benzene rings is 1. The Kier molecular flexibility index (Phi) is 10.6. The van der Waals surface area contributed by atoms with Crippen LogP contribution in [0.2, 0.25) is 0 Å². The topological polar surface area (TPSA) is 55.4 Å². The maximum Gasteiger partial charge on any atom is 0.328 e. The van der Waals surface area contributed by atoms with Crippen LogP contribution in [0.4, 0.5) is 0 Å². The molecule has 1 aromatic rings. The zero-order chi connectivity index (χ0) is 17.6. The lowest BCUT2D eigenvalue weighted by Crippen LogP contribution is -2.41. The lowest BCUT2D eigenvalue weighted by Gasteiger charge is -2.16. The van der Waals surface area contributed by atoms with Crippen LogP contribution in [0.5, 0.6) is 0 Å². The van der Waals surface area contributed by atoms with Gasteiger partial charge >= 0.3 is 5.97 Å². The van der Waals surface area contributed by atoms with Crippen molar-refractivity contribution < 1.29 is 14.3 Å². The minimum atomic E-state index is -0.524. The van der Waals surface area contributed by atoms with E-state index in [-0.39, 0.29) is 11.9 Å². The minimum Gasteiger partial charge on any atom is -0.467 e. The van der Waals surface area contributed by atoms with Crippen LogP contribution in [-0.4, -0.2) is 25.0 Å². The molecule has 1 N–H and O–H groups in total. The minimum absolute atomic E-state index is 0.0970. The van der Waals surface area contributed by atoms with Crippen LogP contribution in [0, 0.1) is 0 Å². The number of hydrogen-bond donors (Lipinski definition) is 1. The van der Waals surface area contributed by atoms with E-state index in [0.717, 1.165) is 18.4 Å². The second kappa shape index (κ2) is 12.6. The number of unbranched alkanes of at least 4 members (excludes halogenated alkanes) is 5. The second-order valence-electron chi connectivity index (χ2n) is 6.19. The first-order valence-corrected chi connectivity index (χ1v) is 9.08. The van der Waals surface area contributed by atoms with Gasteiger partial charge in [0.25, 0.3) is 0 Å².